The number of rotatable bonds is 6. The first kappa shape index (κ1) is 21.2. The molecule has 0 spiro atoms. The molecule has 2 aromatic carbocycles. The molecule has 29 heavy (non-hydrogen) atoms. The van der Waals surface area contributed by atoms with E-state index in [9.17, 15) is 22.8 Å². The van der Waals surface area contributed by atoms with E-state index in [0.717, 1.165) is 21.2 Å². The monoisotopic (exact) mass is 478 g/mol. The van der Waals surface area contributed by atoms with Gasteiger partial charge in [-0.25, -0.2) is 8.42 Å². The van der Waals surface area contributed by atoms with E-state index in [1.54, 1.807) is 30.3 Å². The summed E-state index contributed by atoms with van der Waals surface area (Å²) in [6, 6.07) is 10.2. The minimum atomic E-state index is -3.41. The Morgan fingerprint density at radius 2 is 1.69 bits per heavy atom. The number of imide groups is 1. The van der Waals surface area contributed by atoms with Crippen LogP contribution in [0.15, 0.2) is 46.9 Å². The van der Waals surface area contributed by atoms with Crippen molar-refractivity contribution in [2.45, 2.75) is 19.4 Å². The molecule has 0 aromatic heterocycles. The van der Waals surface area contributed by atoms with Crippen LogP contribution in [-0.4, -0.2) is 49.1 Å². The number of carbonyl (C=O) groups excluding carboxylic acids is 3. The first-order valence-electron chi connectivity index (χ1n) is 8.80. The summed E-state index contributed by atoms with van der Waals surface area (Å²) >= 11 is 3.38. The van der Waals surface area contributed by atoms with Gasteiger partial charge in [0.15, 0.2) is 0 Å². The fraction of sp³-hybridized carbons (Fsp3) is 0.250. The Hall–Kier alpha value is -2.52. The summed E-state index contributed by atoms with van der Waals surface area (Å²) in [5.74, 6) is -2.17. The van der Waals surface area contributed by atoms with Gasteiger partial charge in [0, 0.05) is 16.4 Å². The molecule has 1 aliphatic rings. The number of carbonyl (C=O) groups is 3. The lowest BCUT2D eigenvalue weighted by molar-refractivity contribution is -0.120. The molecule has 2 aromatic rings. The Balaban J connectivity index is 1.92. The molecule has 0 radical (unpaired) electrons. The zero-order valence-electron chi connectivity index (χ0n) is 15.8. The number of amides is 3. The standard InChI is InChI=1S/C20H19BrN2O5S/c1-12-11-13(7-8-16(12)21)22-18(24)17(9-10-29(2,27)28)23-19(25)14-5-3-4-6-15(14)20(23)26/h3-8,11,17H,9-10H2,1-2H3,(H,22,24)/t17-/m1/s1. The Kier molecular flexibility index (Phi) is 5.90. The maximum Gasteiger partial charge on any atom is 0.262 e. The van der Waals surface area contributed by atoms with Crippen LogP contribution >= 0.6 is 15.9 Å². The Morgan fingerprint density at radius 1 is 1.10 bits per heavy atom. The fourth-order valence-electron chi connectivity index (χ4n) is 3.14. The number of halogens is 1. The fourth-order valence-corrected chi connectivity index (χ4v) is 4.04. The molecule has 0 saturated heterocycles. The second-order valence-corrected chi connectivity index (χ2v) is 10.0. The van der Waals surface area contributed by atoms with E-state index in [2.05, 4.69) is 21.2 Å². The molecule has 3 rings (SSSR count). The molecule has 1 heterocycles. The van der Waals surface area contributed by atoms with E-state index in [1.165, 1.54) is 12.1 Å². The third kappa shape index (κ3) is 4.56. The van der Waals surface area contributed by atoms with Crippen LogP contribution in [0.5, 0.6) is 0 Å². The maximum atomic E-state index is 13.0. The number of hydrogen-bond donors (Lipinski definition) is 1. The van der Waals surface area contributed by atoms with Crippen LogP contribution in [0.2, 0.25) is 0 Å². The van der Waals surface area contributed by atoms with Gasteiger partial charge in [0.1, 0.15) is 15.9 Å². The van der Waals surface area contributed by atoms with Crippen molar-refractivity contribution in [2.75, 3.05) is 17.3 Å². The van der Waals surface area contributed by atoms with E-state index in [4.69, 9.17) is 0 Å². The van der Waals surface area contributed by atoms with Crippen molar-refractivity contribution < 1.29 is 22.8 Å². The highest BCUT2D eigenvalue weighted by Crippen LogP contribution is 2.27. The first-order valence-corrected chi connectivity index (χ1v) is 11.7. The van der Waals surface area contributed by atoms with Gasteiger partial charge in [-0.3, -0.25) is 19.3 Å². The predicted octanol–water partition coefficient (Wildman–Crippen LogP) is 2.80. The number of anilines is 1. The molecule has 0 saturated carbocycles. The van der Waals surface area contributed by atoms with E-state index >= 15 is 0 Å². The van der Waals surface area contributed by atoms with Crippen molar-refractivity contribution >= 4 is 49.2 Å². The zero-order valence-corrected chi connectivity index (χ0v) is 18.2. The highest BCUT2D eigenvalue weighted by atomic mass is 79.9. The average Bonchev–Trinajstić information content (AvgIpc) is 2.90. The summed E-state index contributed by atoms with van der Waals surface area (Å²) in [4.78, 5) is 39.4. The molecular formula is C20H19BrN2O5S. The van der Waals surface area contributed by atoms with Gasteiger partial charge in [-0.1, -0.05) is 28.1 Å². The predicted molar refractivity (Wildman–Crippen MR) is 113 cm³/mol. The SMILES string of the molecule is Cc1cc(NC(=O)[C@@H](CCS(C)(=O)=O)N2C(=O)c3ccccc3C2=O)ccc1Br. The quantitative estimate of drug-likeness (QED) is 0.643. The van der Waals surface area contributed by atoms with Crippen molar-refractivity contribution in [3.8, 4) is 0 Å². The molecule has 7 nitrogen and oxygen atoms in total. The summed E-state index contributed by atoms with van der Waals surface area (Å²) in [6.07, 6.45) is 0.855. The minimum absolute atomic E-state index is 0.189. The second-order valence-electron chi connectivity index (χ2n) is 6.91. The molecule has 1 atom stereocenters. The number of sulfone groups is 1. The molecule has 152 valence electrons. The van der Waals surface area contributed by atoms with Gasteiger partial charge in [-0.2, -0.15) is 0 Å². The van der Waals surface area contributed by atoms with Crippen LogP contribution in [0.3, 0.4) is 0 Å². The van der Waals surface area contributed by atoms with Crippen LogP contribution in [0, 0.1) is 6.92 Å². The molecule has 0 aliphatic carbocycles. The van der Waals surface area contributed by atoms with Gasteiger partial charge in [0.25, 0.3) is 11.8 Å². The highest BCUT2D eigenvalue weighted by molar-refractivity contribution is 9.10. The molecule has 0 fully saturated rings. The maximum absolute atomic E-state index is 13.0. The Bertz CT molecular complexity index is 1080. The van der Waals surface area contributed by atoms with E-state index in [1.807, 2.05) is 6.92 Å². The lowest BCUT2D eigenvalue weighted by atomic mass is 10.1. The van der Waals surface area contributed by atoms with Crippen molar-refractivity contribution in [2.24, 2.45) is 0 Å². The van der Waals surface area contributed by atoms with Crippen molar-refractivity contribution in [3.63, 3.8) is 0 Å². The Morgan fingerprint density at radius 3 is 2.21 bits per heavy atom. The first-order chi connectivity index (χ1) is 13.6. The molecular weight excluding hydrogens is 460 g/mol. The van der Waals surface area contributed by atoms with Crippen LogP contribution in [0.4, 0.5) is 5.69 Å². The number of fused-ring (bicyclic) bond motifs is 1. The number of nitrogens with zero attached hydrogens (tertiary/aromatic N) is 1. The summed E-state index contributed by atoms with van der Waals surface area (Å²) in [5, 5.41) is 2.69. The van der Waals surface area contributed by atoms with Gasteiger partial charge in [-0.15, -0.1) is 0 Å². The highest BCUT2D eigenvalue weighted by Gasteiger charge is 2.42. The zero-order chi connectivity index (χ0) is 21.3. The van der Waals surface area contributed by atoms with Crippen molar-refractivity contribution in [1.82, 2.24) is 4.90 Å². The minimum Gasteiger partial charge on any atom is -0.324 e. The van der Waals surface area contributed by atoms with E-state index in [0.29, 0.717) is 5.69 Å². The third-order valence-electron chi connectivity index (χ3n) is 4.63. The van der Waals surface area contributed by atoms with Gasteiger partial charge in [0.05, 0.1) is 16.9 Å². The smallest absolute Gasteiger partial charge is 0.262 e. The lowest BCUT2D eigenvalue weighted by Crippen LogP contribution is -2.48. The van der Waals surface area contributed by atoms with Gasteiger partial charge < -0.3 is 5.32 Å². The third-order valence-corrected chi connectivity index (χ3v) is 6.49. The molecule has 9 heteroatoms. The second kappa shape index (κ2) is 8.08. The number of aryl methyl sites for hydroxylation is 1. The largest absolute Gasteiger partial charge is 0.324 e. The van der Waals surface area contributed by atoms with Crippen LogP contribution in [-0.2, 0) is 14.6 Å². The molecule has 0 bridgehead atoms. The number of hydrogen-bond acceptors (Lipinski definition) is 5. The average molecular weight is 479 g/mol. The van der Waals surface area contributed by atoms with Crippen LogP contribution in [0.25, 0.3) is 0 Å². The van der Waals surface area contributed by atoms with Gasteiger partial charge in [-0.05, 0) is 49.2 Å². The normalized spacial score (nSPS) is 14.7. The molecule has 0 unspecified atom stereocenters. The molecule has 1 aliphatic heterocycles. The summed E-state index contributed by atoms with van der Waals surface area (Å²) < 4.78 is 24.2. The van der Waals surface area contributed by atoms with Gasteiger partial charge >= 0.3 is 0 Å². The summed E-state index contributed by atoms with van der Waals surface area (Å²) in [6.45, 7) is 1.85. The summed E-state index contributed by atoms with van der Waals surface area (Å²) in [7, 11) is -3.41. The lowest BCUT2D eigenvalue weighted by Gasteiger charge is -2.25. The van der Waals surface area contributed by atoms with Crippen molar-refractivity contribution in [3.05, 3.63) is 63.6 Å². The van der Waals surface area contributed by atoms with Crippen LogP contribution in [0.1, 0.15) is 32.7 Å². The molecule has 3 amide bonds. The topological polar surface area (TPSA) is 101 Å². The number of benzene rings is 2. The van der Waals surface area contributed by atoms with Gasteiger partial charge in [0.2, 0.25) is 5.91 Å². The van der Waals surface area contributed by atoms with Crippen LogP contribution < -0.4 is 5.32 Å². The van der Waals surface area contributed by atoms with Crippen molar-refractivity contribution in [1.29, 1.82) is 0 Å². The van der Waals surface area contributed by atoms with E-state index in [-0.39, 0.29) is 23.3 Å². The Labute approximate surface area is 177 Å². The van der Waals surface area contributed by atoms with E-state index < -0.39 is 33.6 Å². The number of nitrogens with one attached hydrogen (secondary N) is 1. The summed E-state index contributed by atoms with van der Waals surface area (Å²) in [5.41, 5.74) is 1.77. The molecule has 1 N–H and O–H groups in total.